The molecule has 0 atom stereocenters. The number of piperidine rings is 1. The fourth-order valence-electron chi connectivity index (χ4n) is 5.04. The van der Waals surface area contributed by atoms with Crippen molar-refractivity contribution in [2.24, 2.45) is 0 Å². The Bertz CT molecular complexity index is 1080. The van der Waals surface area contributed by atoms with E-state index in [0.717, 1.165) is 76.6 Å². The van der Waals surface area contributed by atoms with Crippen molar-refractivity contribution in [3.8, 4) is 11.5 Å². The summed E-state index contributed by atoms with van der Waals surface area (Å²) in [5.41, 5.74) is 3.82. The molecule has 6 heteroatoms. The summed E-state index contributed by atoms with van der Waals surface area (Å²) < 4.78 is 25.9. The summed E-state index contributed by atoms with van der Waals surface area (Å²) >= 11 is 0. The summed E-state index contributed by atoms with van der Waals surface area (Å²) in [6.07, 6.45) is 6.14. The Hall–Kier alpha value is -2.54. The second-order valence-electron chi connectivity index (χ2n) is 9.48. The molecule has 2 saturated heterocycles. The van der Waals surface area contributed by atoms with Gasteiger partial charge in [0, 0.05) is 56.7 Å². The molecule has 0 aliphatic carbocycles. The lowest BCUT2D eigenvalue weighted by Crippen LogP contribution is -2.49. The third-order valence-corrected chi connectivity index (χ3v) is 7.04. The molecule has 2 aliphatic heterocycles. The first-order chi connectivity index (χ1) is 16.6. The smallest absolute Gasteiger partial charge is 0.170 e. The largest absolute Gasteiger partial charge is 0.497 e. The molecule has 3 aromatic rings. The predicted molar refractivity (Wildman–Crippen MR) is 134 cm³/mol. The topological polar surface area (TPSA) is 45.1 Å². The van der Waals surface area contributed by atoms with Crippen LogP contribution in [0.3, 0.4) is 0 Å². The van der Waals surface area contributed by atoms with E-state index in [9.17, 15) is 0 Å². The quantitative estimate of drug-likeness (QED) is 0.431. The number of likely N-dealkylation sites (tertiary alicyclic amines) is 1. The highest BCUT2D eigenvalue weighted by Gasteiger charge is 2.38. The number of benzene rings is 2. The number of aryl methyl sites for hydroxylation is 2. The van der Waals surface area contributed by atoms with E-state index in [0.29, 0.717) is 6.61 Å². The van der Waals surface area contributed by atoms with E-state index in [-0.39, 0.29) is 5.79 Å². The zero-order valence-corrected chi connectivity index (χ0v) is 20.4. The number of hydrogen-bond acceptors (Lipinski definition) is 5. The van der Waals surface area contributed by atoms with Crippen LogP contribution in [0.1, 0.15) is 36.8 Å². The van der Waals surface area contributed by atoms with Gasteiger partial charge in [-0.15, -0.1) is 0 Å². The number of ether oxygens (including phenoxy) is 4. The normalized spacial score (nSPS) is 18.4. The van der Waals surface area contributed by atoms with Crippen molar-refractivity contribution in [3.63, 3.8) is 0 Å². The summed E-state index contributed by atoms with van der Waals surface area (Å²) in [5.74, 6) is 1.48. The van der Waals surface area contributed by atoms with Crippen molar-refractivity contribution in [2.45, 2.75) is 51.5 Å². The molecule has 0 amide bonds. The van der Waals surface area contributed by atoms with E-state index in [2.05, 4.69) is 52.9 Å². The molecular weight excluding hydrogens is 428 g/mol. The van der Waals surface area contributed by atoms with Gasteiger partial charge in [0.2, 0.25) is 0 Å². The molecule has 0 bridgehead atoms. The lowest BCUT2D eigenvalue weighted by atomic mass is 10.0. The highest BCUT2D eigenvalue weighted by molar-refractivity contribution is 5.85. The number of aromatic nitrogens is 1. The molecule has 2 fully saturated rings. The van der Waals surface area contributed by atoms with Gasteiger partial charge in [0.1, 0.15) is 11.5 Å². The van der Waals surface area contributed by atoms with Crippen molar-refractivity contribution in [2.75, 3.05) is 40.0 Å². The summed E-state index contributed by atoms with van der Waals surface area (Å²) in [4.78, 5) is 2.52. The van der Waals surface area contributed by atoms with Crippen LogP contribution >= 0.6 is 0 Å². The van der Waals surface area contributed by atoms with Crippen LogP contribution in [-0.2, 0) is 22.6 Å². The molecule has 2 aliphatic rings. The third-order valence-electron chi connectivity index (χ3n) is 7.04. The maximum Gasteiger partial charge on any atom is 0.170 e. The summed E-state index contributed by atoms with van der Waals surface area (Å²) in [6, 6.07) is 14.7. The van der Waals surface area contributed by atoms with Crippen LogP contribution in [0.25, 0.3) is 10.9 Å². The Labute approximate surface area is 202 Å². The van der Waals surface area contributed by atoms with Crippen LogP contribution < -0.4 is 9.47 Å². The molecular formula is C28H36N2O4. The monoisotopic (exact) mass is 464 g/mol. The van der Waals surface area contributed by atoms with Crippen molar-refractivity contribution in [3.05, 3.63) is 59.8 Å². The zero-order chi connectivity index (χ0) is 23.4. The Morgan fingerprint density at radius 2 is 1.71 bits per heavy atom. The number of rotatable bonds is 8. The lowest BCUT2D eigenvalue weighted by molar-refractivity contribution is -0.284. The average Bonchev–Trinajstić information content (AvgIpc) is 3.21. The van der Waals surface area contributed by atoms with E-state index in [4.69, 9.17) is 18.9 Å². The van der Waals surface area contributed by atoms with Gasteiger partial charge in [-0.25, -0.2) is 0 Å². The molecule has 182 valence electrons. The number of fused-ring (bicyclic) bond motifs is 1. The number of nitrogens with zero attached hydrogens (tertiary/aromatic N) is 2. The second kappa shape index (κ2) is 10.4. The molecule has 0 saturated carbocycles. The van der Waals surface area contributed by atoms with Gasteiger partial charge in [0.25, 0.3) is 0 Å². The Morgan fingerprint density at radius 3 is 2.44 bits per heavy atom. The number of hydrogen-bond donors (Lipinski definition) is 0. The lowest BCUT2D eigenvalue weighted by Gasteiger charge is -2.43. The molecule has 6 nitrogen and oxygen atoms in total. The van der Waals surface area contributed by atoms with Crippen LogP contribution in [0.15, 0.2) is 48.7 Å². The van der Waals surface area contributed by atoms with Crippen LogP contribution in [0.2, 0.25) is 0 Å². The third kappa shape index (κ3) is 5.24. The SMILES string of the molecule is COc1ccc2c(CN3CCC4(CC3)OCCCO4)cn(CCCOc3ccc(C)cc3)c2c1. The number of methoxy groups -OCH3 is 1. The average molecular weight is 465 g/mol. The minimum atomic E-state index is -0.340. The first-order valence-electron chi connectivity index (χ1n) is 12.5. The molecule has 0 radical (unpaired) electrons. The molecule has 2 aromatic carbocycles. The van der Waals surface area contributed by atoms with Crippen molar-refractivity contribution in [1.29, 1.82) is 0 Å². The first kappa shape index (κ1) is 23.2. The predicted octanol–water partition coefficient (Wildman–Crippen LogP) is 5.16. The van der Waals surface area contributed by atoms with Crippen molar-refractivity contribution in [1.82, 2.24) is 9.47 Å². The fraction of sp³-hybridized carbons (Fsp3) is 0.500. The maximum absolute atomic E-state index is 6.02. The van der Waals surface area contributed by atoms with Gasteiger partial charge in [0.05, 0.1) is 32.4 Å². The second-order valence-corrected chi connectivity index (χ2v) is 9.48. The van der Waals surface area contributed by atoms with Gasteiger partial charge in [-0.1, -0.05) is 17.7 Å². The van der Waals surface area contributed by atoms with Gasteiger partial charge in [-0.2, -0.15) is 0 Å². The molecule has 0 unspecified atom stereocenters. The summed E-state index contributed by atoms with van der Waals surface area (Å²) in [5, 5.41) is 1.30. The highest BCUT2D eigenvalue weighted by atomic mass is 16.7. The Morgan fingerprint density at radius 1 is 0.971 bits per heavy atom. The van der Waals surface area contributed by atoms with Gasteiger partial charge >= 0.3 is 0 Å². The molecule has 1 spiro atoms. The molecule has 34 heavy (non-hydrogen) atoms. The van der Waals surface area contributed by atoms with E-state index in [1.54, 1.807) is 7.11 Å². The molecule has 3 heterocycles. The summed E-state index contributed by atoms with van der Waals surface area (Å²) in [7, 11) is 1.73. The van der Waals surface area contributed by atoms with E-state index in [1.165, 1.54) is 22.0 Å². The maximum atomic E-state index is 6.02. The standard InChI is InChI=1S/C28H36N2O4/c1-22-5-7-24(8-6-22)32-16-3-13-30-21-23(26-10-9-25(31-2)19-27(26)30)20-29-14-11-28(12-15-29)33-17-4-18-34-28/h5-10,19,21H,3-4,11-18,20H2,1-2H3. The zero-order valence-electron chi connectivity index (χ0n) is 20.4. The van der Waals surface area contributed by atoms with Crippen LogP contribution in [0, 0.1) is 6.92 Å². The van der Waals surface area contributed by atoms with Crippen molar-refractivity contribution >= 4 is 10.9 Å². The van der Waals surface area contributed by atoms with E-state index >= 15 is 0 Å². The van der Waals surface area contributed by atoms with E-state index < -0.39 is 0 Å². The van der Waals surface area contributed by atoms with Gasteiger partial charge in [-0.05, 0) is 49.6 Å². The van der Waals surface area contributed by atoms with Crippen molar-refractivity contribution < 1.29 is 18.9 Å². The van der Waals surface area contributed by atoms with Gasteiger partial charge in [0.15, 0.2) is 5.79 Å². The summed E-state index contributed by atoms with van der Waals surface area (Å²) in [6.45, 7) is 8.25. The van der Waals surface area contributed by atoms with Gasteiger partial charge < -0.3 is 23.5 Å². The minimum absolute atomic E-state index is 0.340. The Kier molecular flexibility index (Phi) is 7.09. The van der Waals surface area contributed by atoms with Crippen LogP contribution in [-0.4, -0.2) is 55.3 Å². The minimum Gasteiger partial charge on any atom is -0.497 e. The molecule has 5 rings (SSSR count). The van der Waals surface area contributed by atoms with Gasteiger partial charge in [-0.3, -0.25) is 4.90 Å². The highest BCUT2D eigenvalue weighted by Crippen LogP contribution is 2.33. The molecule has 1 aromatic heterocycles. The van der Waals surface area contributed by atoms with Crippen LogP contribution in [0.4, 0.5) is 0 Å². The first-order valence-corrected chi connectivity index (χ1v) is 12.5. The fourth-order valence-corrected chi connectivity index (χ4v) is 5.04. The van der Waals surface area contributed by atoms with Crippen LogP contribution in [0.5, 0.6) is 11.5 Å². The molecule has 0 N–H and O–H groups in total. The van der Waals surface area contributed by atoms with E-state index in [1.807, 2.05) is 12.1 Å². The Balaban J connectivity index is 1.24.